The Hall–Kier alpha value is -1.29. The zero-order valence-electron chi connectivity index (χ0n) is 9.80. The van der Waals surface area contributed by atoms with E-state index in [0.717, 1.165) is 36.1 Å². The Balaban J connectivity index is 2.08. The van der Waals surface area contributed by atoms with Crippen LogP contribution >= 0.6 is 34.7 Å². The number of thiophene rings is 1. The Kier molecular flexibility index (Phi) is 3.60. The molecular formula is C15H9ClOS2. The van der Waals surface area contributed by atoms with Crippen LogP contribution in [0, 0.1) is 0 Å². The van der Waals surface area contributed by atoms with Crippen molar-refractivity contribution in [2.45, 2.75) is 9.79 Å². The topological polar surface area (TPSA) is 17.1 Å². The number of halogens is 1. The molecule has 0 saturated carbocycles. The van der Waals surface area contributed by atoms with Crippen LogP contribution in [-0.2, 0) is 0 Å². The highest BCUT2D eigenvalue weighted by Crippen LogP contribution is 2.40. The van der Waals surface area contributed by atoms with Crippen LogP contribution in [0.5, 0.6) is 0 Å². The molecular weight excluding hydrogens is 296 g/mol. The molecule has 3 aromatic rings. The molecule has 1 nitrogen and oxygen atoms in total. The minimum absolute atomic E-state index is 0.718. The lowest BCUT2D eigenvalue weighted by molar-refractivity contribution is 0.112. The quantitative estimate of drug-likeness (QED) is 0.593. The van der Waals surface area contributed by atoms with Crippen LogP contribution in [0.1, 0.15) is 9.67 Å². The summed E-state index contributed by atoms with van der Waals surface area (Å²) >= 11 is 9.02. The second-order valence-corrected chi connectivity index (χ2v) is 6.57. The second kappa shape index (κ2) is 5.37. The van der Waals surface area contributed by atoms with Crippen LogP contribution in [0.4, 0.5) is 0 Å². The molecule has 0 atom stereocenters. The second-order valence-electron chi connectivity index (χ2n) is 3.97. The third-order valence-corrected chi connectivity index (χ3v) is 5.35. The lowest BCUT2D eigenvalue weighted by Gasteiger charge is -2.01. The first-order valence-electron chi connectivity index (χ1n) is 5.68. The Morgan fingerprint density at radius 3 is 2.53 bits per heavy atom. The molecule has 1 heterocycles. The van der Waals surface area contributed by atoms with Gasteiger partial charge in [-0.3, -0.25) is 4.79 Å². The van der Waals surface area contributed by atoms with Gasteiger partial charge in [-0.15, -0.1) is 11.3 Å². The summed E-state index contributed by atoms with van der Waals surface area (Å²) in [6, 6.07) is 15.7. The van der Waals surface area contributed by atoms with E-state index in [1.54, 1.807) is 11.8 Å². The number of hydrogen-bond acceptors (Lipinski definition) is 3. The zero-order chi connectivity index (χ0) is 13.2. The van der Waals surface area contributed by atoms with E-state index < -0.39 is 0 Å². The fourth-order valence-electron chi connectivity index (χ4n) is 1.84. The van der Waals surface area contributed by atoms with E-state index in [4.69, 9.17) is 11.6 Å². The molecule has 19 heavy (non-hydrogen) atoms. The summed E-state index contributed by atoms with van der Waals surface area (Å²) in [4.78, 5) is 14.1. The summed E-state index contributed by atoms with van der Waals surface area (Å²) in [7, 11) is 0. The summed E-state index contributed by atoms with van der Waals surface area (Å²) in [5, 5.41) is 1.85. The average Bonchev–Trinajstić information content (AvgIpc) is 2.79. The van der Waals surface area contributed by atoms with Crippen molar-refractivity contribution >= 4 is 51.1 Å². The van der Waals surface area contributed by atoms with Crippen molar-refractivity contribution in [3.05, 3.63) is 58.4 Å². The number of rotatable bonds is 3. The van der Waals surface area contributed by atoms with Gasteiger partial charge in [0.1, 0.15) is 0 Å². The Morgan fingerprint density at radius 2 is 1.79 bits per heavy atom. The summed E-state index contributed by atoms with van der Waals surface area (Å²) < 4.78 is 1.14. The Morgan fingerprint density at radius 1 is 1.05 bits per heavy atom. The van der Waals surface area contributed by atoms with Gasteiger partial charge in [-0.2, -0.15) is 0 Å². The van der Waals surface area contributed by atoms with Gasteiger partial charge in [-0.05, 0) is 30.3 Å². The first kappa shape index (κ1) is 12.7. The van der Waals surface area contributed by atoms with E-state index in [-0.39, 0.29) is 0 Å². The number of carbonyl (C=O) groups excluding carboxylic acids is 1. The van der Waals surface area contributed by atoms with Gasteiger partial charge in [0.05, 0.1) is 4.88 Å². The Bertz CT molecular complexity index is 731. The SMILES string of the molecule is O=Cc1sc2ccccc2c1Sc1ccc(Cl)cc1. The Labute approximate surface area is 124 Å². The van der Waals surface area contributed by atoms with E-state index in [1.165, 1.54) is 11.3 Å². The van der Waals surface area contributed by atoms with Crippen LogP contribution in [0.25, 0.3) is 10.1 Å². The molecule has 0 unspecified atom stereocenters. The number of hydrogen-bond donors (Lipinski definition) is 0. The molecule has 0 saturated heterocycles. The van der Waals surface area contributed by atoms with Crippen molar-refractivity contribution in [2.75, 3.05) is 0 Å². The van der Waals surface area contributed by atoms with E-state index >= 15 is 0 Å². The maximum absolute atomic E-state index is 11.2. The number of aldehydes is 1. The van der Waals surface area contributed by atoms with Gasteiger partial charge >= 0.3 is 0 Å². The summed E-state index contributed by atoms with van der Waals surface area (Å²) in [5.41, 5.74) is 0. The maximum atomic E-state index is 11.2. The molecule has 0 aliphatic carbocycles. The van der Waals surface area contributed by atoms with Crippen molar-refractivity contribution in [1.29, 1.82) is 0 Å². The molecule has 0 aliphatic heterocycles. The van der Waals surface area contributed by atoms with Gasteiger partial charge in [0.2, 0.25) is 0 Å². The highest BCUT2D eigenvalue weighted by Gasteiger charge is 2.12. The largest absolute Gasteiger partial charge is 0.297 e. The van der Waals surface area contributed by atoms with Crippen molar-refractivity contribution in [2.24, 2.45) is 0 Å². The third kappa shape index (κ3) is 2.54. The average molecular weight is 305 g/mol. The molecule has 0 aliphatic rings. The van der Waals surface area contributed by atoms with Gasteiger partial charge in [-0.1, -0.05) is 41.6 Å². The lowest BCUT2D eigenvalue weighted by Crippen LogP contribution is -1.78. The van der Waals surface area contributed by atoms with Crippen LogP contribution in [0.3, 0.4) is 0 Å². The maximum Gasteiger partial charge on any atom is 0.161 e. The van der Waals surface area contributed by atoms with Gasteiger partial charge in [0, 0.05) is 24.9 Å². The van der Waals surface area contributed by atoms with Crippen molar-refractivity contribution in [3.8, 4) is 0 Å². The molecule has 0 radical (unpaired) electrons. The molecule has 0 fully saturated rings. The molecule has 2 aromatic carbocycles. The molecule has 94 valence electrons. The predicted molar refractivity (Wildman–Crippen MR) is 82.8 cm³/mol. The molecule has 1 aromatic heterocycles. The molecule has 0 spiro atoms. The normalized spacial score (nSPS) is 10.8. The highest BCUT2D eigenvalue weighted by molar-refractivity contribution is 7.99. The minimum Gasteiger partial charge on any atom is -0.297 e. The minimum atomic E-state index is 0.718. The molecule has 4 heteroatoms. The summed E-state index contributed by atoms with van der Waals surface area (Å²) in [6.45, 7) is 0. The monoisotopic (exact) mass is 304 g/mol. The molecule has 0 bridgehead atoms. The van der Waals surface area contributed by atoms with E-state index in [1.807, 2.05) is 42.5 Å². The third-order valence-electron chi connectivity index (χ3n) is 2.72. The molecule has 3 rings (SSSR count). The van der Waals surface area contributed by atoms with Crippen LogP contribution in [-0.4, -0.2) is 6.29 Å². The summed E-state index contributed by atoms with van der Waals surface area (Å²) in [5.74, 6) is 0. The van der Waals surface area contributed by atoms with Crippen molar-refractivity contribution < 1.29 is 4.79 Å². The summed E-state index contributed by atoms with van der Waals surface area (Å²) in [6.07, 6.45) is 0.933. The van der Waals surface area contributed by atoms with Crippen LogP contribution in [0.2, 0.25) is 5.02 Å². The smallest absolute Gasteiger partial charge is 0.161 e. The first-order valence-corrected chi connectivity index (χ1v) is 7.69. The van der Waals surface area contributed by atoms with E-state index in [2.05, 4.69) is 6.07 Å². The van der Waals surface area contributed by atoms with Crippen molar-refractivity contribution in [3.63, 3.8) is 0 Å². The van der Waals surface area contributed by atoms with Crippen LogP contribution < -0.4 is 0 Å². The van der Waals surface area contributed by atoms with Gasteiger partial charge in [-0.25, -0.2) is 0 Å². The first-order chi connectivity index (χ1) is 9.28. The molecule has 0 amide bonds. The lowest BCUT2D eigenvalue weighted by atomic mass is 10.2. The highest BCUT2D eigenvalue weighted by atomic mass is 35.5. The predicted octanol–water partition coefficient (Wildman–Crippen LogP) is 5.52. The van der Waals surface area contributed by atoms with Gasteiger partial charge in [0.15, 0.2) is 6.29 Å². The standard InChI is InChI=1S/C15H9ClOS2/c16-10-5-7-11(8-6-10)18-15-12-3-1-2-4-13(12)19-14(15)9-17/h1-9H. The molecule has 0 N–H and O–H groups in total. The fraction of sp³-hybridized carbons (Fsp3) is 0. The number of benzene rings is 2. The zero-order valence-corrected chi connectivity index (χ0v) is 12.2. The number of fused-ring (bicyclic) bond motifs is 1. The van der Waals surface area contributed by atoms with Crippen LogP contribution in [0.15, 0.2) is 58.3 Å². The van der Waals surface area contributed by atoms with Crippen molar-refractivity contribution in [1.82, 2.24) is 0 Å². The fourth-order valence-corrected chi connectivity index (χ4v) is 4.14. The van der Waals surface area contributed by atoms with Gasteiger partial charge < -0.3 is 0 Å². The van der Waals surface area contributed by atoms with E-state index in [0.29, 0.717) is 0 Å². The van der Waals surface area contributed by atoms with Gasteiger partial charge in [0.25, 0.3) is 0 Å². The van der Waals surface area contributed by atoms with E-state index in [9.17, 15) is 4.79 Å². The number of carbonyl (C=O) groups is 1.